The number of carbonyl (C=O) groups is 1. The third kappa shape index (κ3) is 2.97. The van der Waals surface area contributed by atoms with E-state index in [0.29, 0.717) is 0 Å². The predicted octanol–water partition coefficient (Wildman–Crippen LogP) is 1.67. The number of nitrogens with one attached hydrogen (secondary N) is 1. The lowest BCUT2D eigenvalue weighted by Crippen LogP contribution is -2.26. The molecule has 1 aliphatic heterocycles. The van der Waals surface area contributed by atoms with Gasteiger partial charge in [0.1, 0.15) is 5.75 Å². The van der Waals surface area contributed by atoms with Gasteiger partial charge in [-0.25, -0.2) is 0 Å². The van der Waals surface area contributed by atoms with Crippen molar-refractivity contribution in [2.75, 3.05) is 25.0 Å². The van der Waals surface area contributed by atoms with Crippen LogP contribution in [0.2, 0.25) is 0 Å². The van der Waals surface area contributed by atoms with Crippen LogP contribution in [0.4, 0.5) is 5.69 Å². The van der Waals surface area contributed by atoms with Crippen LogP contribution >= 0.6 is 0 Å². The van der Waals surface area contributed by atoms with E-state index in [1.165, 1.54) is 0 Å². The summed E-state index contributed by atoms with van der Waals surface area (Å²) in [4.78, 5) is 14.2. The molecule has 0 saturated carbocycles. The average Bonchev–Trinajstić information content (AvgIpc) is 2.81. The second-order valence-electron chi connectivity index (χ2n) is 4.41. The van der Waals surface area contributed by atoms with E-state index < -0.39 is 0 Å². The molecule has 0 bridgehead atoms. The molecule has 2 N–H and O–H groups in total. The Morgan fingerprint density at radius 2 is 2.18 bits per heavy atom. The summed E-state index contributed by atoms with van der Waals surface area (Å²) in [6.07, 6.45) is 0.928. The van der Waals surface area contributed by atoms with Crippen molar-refractivity contribution < 1.29 is 9.90 Å². The molecular formula is C13H18N2O2. The lowest BCUT2D eigenvalue weighted by Gasteiger charge is -2.13. The van der Waals surface area contributed by atoms with E-state index in [4.69, 9.17) is 5.11 Å². The molecule has 92 valence electrons. The van der Waals surface area contributed by atoms with Gasteiger partial charge in [0.25, 0.3) is 0 Å². The molecule has 0 aromatic heterocycles. The molecule has 1 heterocycles. The highest BCUT2D eigenvalue weighted by molar-refractivity contribution is 5.92. The number of hydrogen-bond acceptors (Lipinski definition) is 3. The smallest absolute Gasteiger partial charge is 0.228 e. The van der Waals surface area contributed by atoms with Gasteiger partial charge in [-0.2, -0.15) is 0 Å². The molecule has 0 aliphatic carbocycles. The summed E-state index contributed by atoms with van der Waals surface area (Å²) in [6, 6.07) is 6.56. The van der Waals surface area contributed by atoms with Gasteiger partial charge < -0.3 is 15.3 Å². The molecule has 1 saturated heterocycles. The van der Waals surface area contributed by atoms with Gasteiger partial charge in [0.05, 0.1) is 5.92 Å². The third-order valence-electron chi connectivity index (χ3n) is 3.23. The van der Waals surface area contributed by atoms with Crippen LogP contribution in [-0.2, 0) is 4.79 Å². The number of rotatable bonds is 3. The Kier molecular flexibility index (Phi) is 3.64. The summed E-state index contributed by atoms with van der Waals surface area (Å²) in [7, 11) is 0. The van der Waals surface area contributed by atoms with Gasteiger partial charge in [-0.05, 0) is 43.8 Å². The van der Waals surface area contributed by atoms with Crippen LogP contribution in [0.5, 0.6) is 5.75 Å². The van der Waals surface area contributed by atoms with Crippen LogP contribution in [0.25, 0.3) is 0 Å². The molecule has 4 heteroatoms. The van der Waals surface area contributed by atoms with E-state index in [1.54, 1.807) is 24.3 Å². The minimum absolute atomic E-state index is 0.0756. The fourth-order valence-corrected chi connectivity index (χ4v) is 2.12. The first-order valence-corrected chi connectivity index (χ1v) is 6.01. The number of carbonyl (C=O) groups excluding carboxylic acids is 1. The van der Waals surface area contributed by atoms with Crippen LogP contribution in [0, 0.1) is 5.92 Å². The maximum absolute atomic E-state index is 12.0. The number of anilines is 1. The van der Waals surface area contributed by atoms with Gasteiger partial charge in [-0.1, -0.05) is 6.92 Å². The molecule has 1 aromatic rings. The molecule has 1 aliphatic rings. The van der Waals surface area contributed by atoms with Crippen molar-refractivity contribution in [3.05, 3.63) is 24.3 Å². The SMILES string of the molecule is CCN1CCC(C(=O)Nc2ccc(O)cc2)C1. The van der Waals surface area contributed by atoms with Gasteiger partial charge in [0.2, 0.25) is 5.91 Å². The molecule has 1 amide bonds. The number of hydrogen-bond donors (Lipinski definition) is 2. The first kappa shape index (κ1) is 11.9. The summed E-state index contributed by atoms with van der Waals surface area (Å²) in [5.74, 6) is 0.372. The second-order valence-corrected chi connectivity index (χ2v) is 4.41. The fraction of sp³-hybridized carbons (Fsp3) is 0.462. The van der Waals surface area contributed by atoms with Gasteiger partial charge in [0.15, 0.2) is 0 Å². The van der Waals surface area contributed by atoms with Crippen molar-refractivity contribution in [3.8, 4) is 5.75 Å². The molecule has 1 fully saturated rings. The number of nitrogens with zero attached hydrogens (tertiary/aromatic N) is 1. The number of likely N-dealkylation sites (tertiary alicyclic amines) is 1. The standard InChI is InChI=1S/C13H18N2O2/c1-2-15-8-7-10(9-15)13(17)14-11-3-5-12(16)6-4-11/h3-6,10,16H,2,7-9H2,1H3,(H,14,17). The lowest BCUT2D eigenvalue weighted by atomic mass is 10.1. The molecule has 1 unspecified atom stereocenters. The minimum atomic E-state index is 0.0756. The van der Waals surface area contributed by atoms with E-state index in [-0.39, 0.29) is 17.6 Å². The topological polar surface area (TPSA) is 52.6 Å². The quantitative estimate of drug-likeness (QED) is 0.782. The summed E-state index contributed by atoms with van der Waals surface area (Å²) < 4.78 is 0. The van der Waals surface area contributed by atoms with Crippen LogP contribution in [0.3, 0.4) is 0 Å². The Labute approximate surface area is 101 Å². The highest BCUT2D eigenvalue weighted by atomic mass is 16.3. The Morgan fingerprint density at radius 3 is 2.76 bits per heavy atom. The Bertz CT molecular complexity index is 389. The molecule has 4 nitrogen and oxygen atoms in total. The van der Waals surface area contributed by atoms with Crippen molar-refractivity contribution in [1.82, 2.24) is 4.90 Å². The van der Waals surface area contributed by atoms with Crippen molar-refractivity contribution in [2.24, 2.45) is 5.92 Å². The number of phenols is 1. The Morgan fingerprint density at radius 1 is 1.47 bits per heavy atom. The van der Waals surface area contributed by atoms with E-state index in [0.717, 1.165) is 31.7 Å². The lowest BCUT2D eigenvalue weighted by molar-refractivity contribution is -0.119. The summed E-state index contributed by atoms with van der Waals surface area (Å²) in [5, 5.41) is 12.0. The summed E-state index contributed by atoms with van der Waals surface area (Å²) >= 11 is 0. The molecule has 2 rings (SSSR count). The molecule has 0 spiro atoms. The minimum Gasteiger partial charge on any atom is -0.508 e. The molecule has 17 heavy (non-hydrogen) atoms. The van der Waals surface area contributed by atoms with Crippen LogP contribution in [0.15, 0.2) is 24.3 Å². The average molecular weight is 234 g/mol. The summed E-state index contributed by atoms with van der Waals surface area (Å²) in [5.41, 5.74) is 0.739. The zero-order valence-electron chi connectivity index (χ0n) is 10.0. The van der Waals surface area contributed by atoms with E-state index in [1.807, 2.05) is 0 Å². The molecular weight excluding hydrogens is 216 g/mol. The van der Waals surface area contributed by atoms with Crippen LogP contribution in [0.1, 0.15) is 13.3 Å². The second kappa shape index (κ2) is 5.19. The first-order chi connectivity index (χ1) is 8.19. The zero-order chi connectivity index (χ0) is 12.3. The monoisotopic (exact) mass is 234 g/mol. The van der Waals surface area contributed by atoms with E-state index >= 15 is 0 Å². The molecule has 0 radical (unpaired) electrons. The Hall–Kier alpha value is -1.55. The van der Waals surface area contributed by atoms with Crippen molar-refractivity contribution in [2.45, 2.75) is 13.3 Å². The van der Waals surface area contributed by atoms with Crippen LogP contribution < -0.4 is 5.32 Å². The van der Waals surface area contributed by atoms with Gasteiger partial charge in [-0.15, -0.1) is 0 Å². The Balaban J connectivity index is 1.91. The number of phenolic OH excluding ortho intramolecular Hbond substituents is 1. The fourth-order valence-electron chi connectivity index (χ4n) is 2.12. The number of benzene rings is 1. The van der Waals surface area contributed by atoms with Gasteiger partial charge >= 0.3 is 0 Å². The van der Waals surface area contributed by atoms with Crippen LogP contribution in [-0.4, -0.2) is 35.5 Å². The highest BCUT2D eigenvalue weighted by Gasteiger charge is 2.27. The van der Waals surface area contributed by atoms with Crippen molar-refractivity contribution in [1.29, 1.82) is 0 Å². The van der Waals surface area contributed by atoms with Crippen molar-refractivity contribution in [3.63, 3.8) is 0 Å². The maximum Gasteiger partial charge on any atom is 0.228 e. The van der Waals surface area contributed by atoms with Crippen molar-refractivity contribution >= 4 is 11.6 Å². The third-order valence-corrected chi connectivity index (χ3v) is 3.23. The largest absolute Gasteiger partial charge is 0.508 e. The van der Waals surface area contributed by atoms with E-state index in [2.05, 4.69) is 17.1 Å². The van der Waals surface area contributed by atoms with Gasteiger partial charge in [-0.3, -0.25) is 4.79 Å². The predicted molar refractivity (Wildman–Crippen MR) is 67.0 cm³/mol. The normalized spacial score (nSPS) is 20.4. The number of amides is 1. The zero-order valence-corrected chi connectivity index (χ0v) is 10.0. The maximum atomic E-state index is 12.0. The molecule has 1 atom stereocenters. The summed E-state index contributed by atoms with van der Waals surface area (Å²) in [6.45, 7) is 4.97. The number of aromatic hydroxyl groups is 1. The highest BCUT2D eigenvalue weighted by Crippen LogP contribution is 2.19. The van der Waals surface area contributed by atoms with Gasteiger partial charge in [0, 0.05) is 12.2 Å². The van der Waals surface area contributed by atoms with E-state index in [9.17, 15) is 4.79 Å². The molecule has 1 aromatic carbocycles. The first-order valence-electron chi connectivity index (χ1n) is 6.01.